The third-order valence-electron chi connectivity index (χ3n) is 3.77. The molecule has 0 radical (unpaired) electrons. The van der Waals surface area contributed by atoms with Crippen molar-refractivity contribution in [2.24, 2.45) is 5.41 Å². The topological polar surface area (TPSA) is 101 Å². The molecule has 0 unspecified atom stereocenters. The largest absolute Gasteiger partial charge is 0.300 e. The van der Waals surface area contributed by atoms with Crippen molar-refractivity contribution >= 4 is 32.4 Å². The zero-order chi connectivity index (χ0) is 19.7. The van der Waals surface area contributed by atoms with Crippen molar-refractivity contribution in [3.63, 3.8) is 0 Å². The summed E-state index contributed by atoms with van der Waals surface area (Å²) >= 11 is 0.824. The molecule has 0 spiro atoms. The highest BCUT2D eigenvalue weighted by molar-refractivity contribution is 7.91. The number of aromatic nitrogens is 2. The lowest BCUT2D eigenvalue weighted by atomic mass is 9.96. The third-order valence-corrected chi connectivity index (χ3v) is 6.52. The van der Waals surface area contributed by atoms with Crippen molar-refractivity contribution in [2.45, 2.75) is 51.9 Å². The molecule has 2 rings (SSSR count). The first-order valence-electron chi connectivity index (χ1n) is 8.14. The fourth-order valence-corrected chi connectivity index (χ4v) is 4.36. The SMILES string of the molecule is Cc1ccc(C)c([C@H](C)NS(=O)(=O)c2nnc(NC(=O)C(C)(C)C)s2)c1. The maximum atomic E-state index is 12.6. The Kier molecular flexibility index (Phi) is 5.84. The van der Waals surface area contributed by atoms with E-state index in [4.69, 9.17) is 0 Å². The quantitative estimate of drug-likeness (QED) is 0.756. The minimum Gasteiger partial charge on any atom is -0.300 e. The lowest BCUT2D eigenvalue weighted by Gasteiger charge is -2.16. The van der Waals surface area contributed by atoms with Crippen molar-refractivity contribution in [3.8, 4) is 0 Å². The van der Waals surface area contributed by atoms with E-state index in [0.717, 1.165) is 28.0 Å². The number of aryl methyl sites for hydroxylation is 2. The summed E-state index contributed by atoms with van der Waals surface area (Å²) in [5, 5.41) is 10.2. The molecule has 0 aliphatic rings. The summed E-state index contributed by atoms with van der Waals surface area (Å²) in [4.78, 5) is 12.0. The molecule has 0 aliphatic carbocycles. The number of carbonyl (C=O) groups excluding carboxylic acids is 1. The van der Waals surface area contributed by atoms with E-state index in [1.54, 1.807) is 27.7 Å². The molecule has 0 saturated carbocycles. The minimum atomic E-state index is -3.84. The number of hydrogen-bond donors (Lipinski definition) is 2. The highest BCUT2D eigenvalue weighted by Crippen LogP contribution is 2.25. The van der Waals surface area contributed by atoms with Crippen LogP contribution in [-0.2, 0) is 14.8 Å². The Bertz CT molecular complexity index is 914. The molecular weight excluding hydrogens is 372 g/mol. The van der Waals surface area contributed by atoms with Gasteiger partial charge in [0.15, 0.2) is 0 Å². The van der Waals surface area contributed by atoms with Crippen molar-refractivity contribution in [2.75, 3.05) is 5.32 Å². The molecule has 1 heterocycles. The lowest BCUT2D eigenvalue weighted by molar-refractivity contribution is -0.123. The molecule has 2 aromatic rings. The molecule has 0 saturated heterocycles. The monoisotopic (exact) mass is 396 g/mol. The zero-order valence-corrected chi connectivity index (χ0v) is 17.4. The number of anilines is 1. The number of carbonyl (C=O) groups is 1. The second-order valence-corrected chi connectivity index (χ2v) is 10.1. The second-order valence-electron chi connectivity index (χ2n) is 7.28. The van der Waals surface area contributed by atoms with E-state index < -0.39 is 21.5 Å². The number of amides is 1. The number of rotatable bonds is 5. The average molecular weight is 397 g/mol. The first-order chi connectivity index (χ1) is 11.9. The van der Waals surface area contributed by atoms with Gasteiger partial charge in [-0.05, 0) is 31.9 Å². The van der Waals surface area contributed by atoms with Gasteiger partial charge < -0.3 is 5.32 Å². The van der Waals surface area contributed by atoms with Crippen LogP contribution in [0.5, 0.6) is 0 Å². The normalized spacial score (nSPS) is 13.5. The smallest absolute Gasteiger partial charge is 0.270 e. The van der Waals surface area contributed by atoms with Gasteiger partial charge in [0.25, 0.3) is 10.0 Å². The average Bonchev–Trinajstić information content (AvgIpc) is 2.97. The minimum absolute atomic E-state index is 0.157. The van der Waals surface area contributed by atoms with Gasteiger partial charge in [-0.3, -0.25) is 4.79 Å². The van der Waals surface area contributed by atoms with Gasteiger partial charge in [0.2, 0.25) is 15.4 Å². The van der Waals surface area contributed by atoms with E-state index in [9.17, 15) is 13.2 Å². The van der Waals surface area contributed by atoms with Gasteiger partial charge in [-0.2, -0.15) is 0 Å². The number of sulfonamides is 1. The first-order valence-corrected chi connectivity index (χ1v) is 10.4. The molecule has 1 aromatic carbocycles. The van der Waals surface area contributed by atoms with Gasteiger partial charge in [-0.15, -0.1) is 10.2 Å². The van der Waals surface area contributed by atoms with E-state index in [1.807, 2.05) is 32.0 Å². The van der Waals surface area contributed by atoms with Crippen LogP contribution in [0.3, 0.4) is 0 Å². The van der Waals surface area contributed by atoms with Gasteiger partial charge in [0.1, 0.15) is 0 Å². The highest BCUT2D eigenvalue weighted by atomic mass is 32.2. The number of nitrogens with zero attached hydrogens (tertiary/aromatic N) is 2. The van der Waals surface area contributed by atoms with Crippen LogP contribution in [-0.4, -0.2) is 24.5 Å². The molecule has 7 nitrogen and oxygen atoms in total. The molecule has 2 N–H and O–H groups in total. The van der Waals surface area contributed by atoms with E-state index in [0.29, 0.717) is 0 Å². The maximum absolute atomic E-state index is 12.6. The summed E-state index contributed by atoms with van der Waals surface area (Å²) in [6, 6.07) is 5.48. The van der Waals surface area contributed by atoms with Gasteiger partial charge in [0.05, 0.1) is 0 Å². The molecule has 1 atom stereocenters. The molecule has 1 amide bonds. The Labute approximate surface area is 158 Å². The Morgan fingerprint density at radius 3 is 2.46 bits per heavy atom. The van der Waals surface area contributed by atoms with Gasteiger partial charge in [-0.25, -0.2) is 13.1 Å². The predicted molar refractivity (Wildman–Crippen MR) is 103 cm³/mol. The van der Waals surface area contributed by atoms with Crippen molar-refractivity contribution < 1.29 is 13.2 Å². The van der Waals surface area contributed by atoms with Crippen molar-refractivity contribution in [1.29, 1.82) is 0 Å². The van der Waals surface area contributed by atoms with Crippen LogP contribution < -0.4 is 10.0 Å². The lowest BCUT2D eigenvalue weighted by Crippen LogP contribution is -2.27. The fraction of sp³-hybridized carbons (Fsp3) is 0.471. The summed E-state index contributed by atoms with van der Waals surface area (Å²) < 4.78 is 27.6. The third kappa shape index (κ3) is 4.87. The Morgan fingerprint density at radius 1 is 1.19 bits per heavy atom. The summed E-state index contributed by atoms with van der Waals surface area (Å²) in [5.74, 6) is -0.255. The standard InChI is InChI=1S/C17H24N4O3S2/c1-10-7-8-11(2)13(9-10)12(3)21-26(23,24)16-20-19-15(25-16)18-14(22)17(4,5)6/h7-9,12,21H,1-6H3,(H,18,19,22)/t12-/m0/s1. The fourth-order valence-electron chi connectivity index (χ4n) is 2.23. The molecule has 0 aliphatic heterocycles. The van der Waals surface area contributed by atoms with Gasteiger partial charge in [0, 0.05) is 11.5 Å². The van der Waals surface area contributed by atoms with E-state index >= 15 is 0 Å². The zero-order valence-electron chi connectivity index (χ0n) is 15.7. The molecule has 142 valence electrons. The Hall–Kier alpha value is -1.84. The molecule has 1 aromatic heterocycles. The molecular formula is C17H24N4O3S2. The Morgan fingerprint density at radius 2 is 1.85 bits per heavy atom. The molecule has 9 heteroatoms. The van der Waals surface area contributed by atoms with Gasteiger partial charge >= 0.3 is 0 Å². The van der Waals surface area contributed by atoms with Crippen molar-refractivity contribution in [3.05, 3.63) is 34.9 Å². The van der Waals surface area contributed by atoms with Crippen LogP contribution in [0.4, 0.5) is 5.13 Å². The first kappa shape index (κ1) is 20.5. The predicted octanol–water partition coefficient (Wildman–Crippen LogP) is 3.18. The van der Waals surface area contributed by atoms with E-state index in [1.165, 1.54) is 0 Å². The second kappa shape index (κ2) is 7.42. The van der Waals surface area contributed by atoms with Crippen molar-refractivity contribution in [1.82, 2.24) is 14.9 Å². The van der Waals surface area contributed by atoms with Crippen LogP contribution in [0.15, 0.2) is 22.5 Å². The van der Waals surface area contributed by atoms with E-state index in [2.05, 4.69) is 20.2 Å². The van der Waals surface area contributed by atoms with Crippen LogP contribution in [0.25, 0.3) is 0 Å². The van der Waals surface area contributed by atoms with Crippen LogP contribution in [0, 0.1) is 19.3 Å². The van der Waals surface area contributed by atoms with Crippen LogP contribution in [0.2, 0.25) is 0 Å². The summed E-state index contributed by atoms with van der Waals surface area (Å²) in [7, 11) is -3.84. The summed E-state index contributed by atoms with van der Waals surface area (Å²) in [6.45, 7) is 10.9. The van der Waals surface area contributed by atoms with Gasteiger partial charge in [-0.1, -0.05) is 55.9 Å². The van der Waals surface area contributed by atoms with E-state index in [-0.39, 0.29) is 15.4 Å². The number of benzene rings is 1. The molecule has 0 bridgehead atoms. The summed E-state index contributed by atoms with van der Waals surface area (Å²) in [5.41, 5.74) is 2.35. The summed E-state index contributed by atoms with van der Waals surface area (Å²) in [6.07, 6.45) is 0. The highest BCUT2D eigenvalue weighted by Gasteiger charge is 2.26. The molecule has 26 heavy (non-hydrogen) atoms. The van der Waals surface area contributed by atoms with Crippen LogP contribution in [0.1, 0.15) is 50.4 Å². The molecule has 0 fully saturated rings. The van der Waals surface area contributed by atoms with Crippen LogP contribution >= 0.6 is 11.3 Å². The number of nitrogens with one attached hydrogen (secondary N) is 2. The number of hydrogen-bond acceptors (Lipinski definition) is 6. The maximum Gasteiger partial charge on any atom is 0.270 e. The Balaban J connectivity index is 2.18.